The summed E-state index contributed by atoms with van der Waals surface area (Å²) >= 11 is 0. The van der Waals surface area contributed by atoms with Crippen molar-refractivity contribution in [3.05, 3.63) is 108 Å². The number of para-hydroxylation sites is 2. The van der Waals surface area contributed by atoms with Crippen LogP contribution >= 0.6 is 0 Å². The van der Waals surface area contributed by atoms with Crippen LogP contribution in [-0.2, 0) is 6.54 Å². The lowest BCUT2D eigenvalue weighted by atomic mass is 10.2. The molecule has 6 rings (SSSR count). The number of halogens is 2. The van der Waals surface area contributed by atoms with Gasteiger partial charge >= 0.3 is 0 Å². The number of hydrogen-bond donors (Lipinski definition) is 2. The molecule has 0 fully saturated rings. The first-order valence-corrected chi connectivity index (χ1v) is 12.4. The molecule has 0 spiro atoms. The SMILES string of the molecule is Cc1cccc2[nH]c(-c3ccccc3F)nc12.Cc1cccc2c1nc(-c1ccccc1F)n2CC(C)O. The van der Waals surface area contributed by atoms with Gasteiger partial charge in [-0.05, 0) is 68.3 Å². The standard InChI is InChI=1S/C17H17FN2O.C14H11FN2/c1-11-6-5-9-15-16(11)19-17(20(15)10-12(2)21)13-7-3-4-8-14(13)18;1-9-5-4-8-12-13(9)17-14(16-12)10-6-2-3-7-11(10)15/h3-9,12,21H,10H2,1-2H3;2-8H,1H3,(H,16,17). The fraction of sp³-hybridized carbons (Fsp3) is 0.161. The second kappa shape index (κ2) is 10.6. The normalized spacial score (nSPS) is 11.9. The summed E-state index contributed by atoms with van der Waals surface area (Å²) in [6.07, 6.45) is -0.534. The average molecular weight is 511 g/mol. The first kappa shape index (κ1) is 25.3. The van der Waals surface area contributed by atoms with E-state index in [-0.39, 0.29) is 11.6 Å². The van der Waals surface area contributed by atoms with Crippen LogP contribution in [0.25, 0.3) is 44.8 Å². The second-order valence-corrected chi connectivity index (χ2v) is 9.35. The number of hydrogen-bond acceptors (Lipinski definition) is 3. The summed E-state index contributed by atoms with van der Waals surface area (Å²) in [5.41, 5.74) is 6.66. The van der Waals surface area contributed by atoms with Crippen LogP contribution in [0, 0.1) is 25.5 Å². The van der Waals surface area contributed by atoms with Crippen molar-refractivity contribution in [1.29, 1.82) is 0 Å². The van der Waals surface area contributed by atoms with Crippen LogP contribution in [0.4, 0.5) is 8.78 Å². The Bertz CT molecular complexity index is 1740. The Labute approximate surface area is 219 Å². The largest absolute Gasteiger partial charge is 0.392 e. The van der Waals surface area contributed by atoms with E-state index in [9.17, 15) is 13.9 Å². The van der Waals surface area contributed by atoms with E-state index in [1.54, 1.807) is 43.3 Å². The summed E-state index contributed by atoms with van der Waals surface area (Å²) in [6.45, 7) is 6.07. The van der Waals surface area contributed by atoms with Crippen molar-refractivity contribution in [3.63, 3.8) is 0 Å². The number of nitrogens with zero attached hydrogens (tertiary/aromatic N) is 3. The molecule has 38 heavy (non-hydrogen) atoms. The number of aromatic amines is 1. The van der Waals surface area contributed by atoms with E-state index < -0.39 is 6.10 Å². The molecule has 0 amide bonds. The molecule has 6 aromatic rings. The highest BCUT2D eigenvalue weighted by atomic mass is 19.1. The first-order valence-electron chi connectivity index (χ1n) is 12.4. The number of aliphatic hydroxyl groups excluding tert-OH is 1. The molecule has 7 heteroatoms. The van der Waals surface area contributed by atoms with E-state index in [0.717, 1.165) is 33.2 Å². The lowest BCUT2D eigenvalue weighted by molar-refractivity contribution is 0.175. The van der Waals surface area contributed by atoms with Crippen LogP contribution in [0.15, 0.2) is 84.9 Å². The van der Waals surface area contributed by atoms with Crippen LogP contribution in [0.2, 0.25) is 0 Å². The summed E-state index contributed by atoms with van der Waals surface area (Å²) in [5.74, 6) is 0.562. The van der Waals surface area contributed by atoms with E-state index in [2.05, 4.69) is 15.0 Å². The van der Waals surface area contributed by atoms with Crippen molar-refractivity contribution < 1.29 is 13.9 Å². The Balaban J connectivity index is 0.000000158. The number of fused-ring (bicyclic) bond motifs is 2. The number of H-pyrrole nitrogens is 1. The van der Waals surface area contributed by atoms with Gasteiger partial charge in [0.1, 0.15) is 23.3 Å². The minimum atomic E-state index is -0.534. The molecule has 1 unspecified atom stereocenters. The first-order chi connectivity index (χ1) is 18.3. The van der Waals surface area contributed by atoms with Gasteiger partial charge in [0, 0.05) is 0 Å². The Hall–Kier alpha value is -4.36. The third-order valence-electron chi connectivity index (χ3n) is 6.39. The van der Waals surface area contributed by atoms with Crippen LogP contribution in [0.5, 0.6) is 0 Å². The highest BCUT2D eigenvalue weighted by molar-refractivity contribution is 5.84. The van der Waals surface area contributed by atoms with Crippen LogP contribution in [-0.4, -0.2) is 30.7 Å². The van der Waals surface area contributed by atoms with E-state index >= 15 is 0 Å². The van der Waals surface area contributed by atoms with Gasteiger partial charge in [-0.2, -0.15) is 0 Å². The van der Waals surface area contributed by atoms with Gasteiger partial charge in [-0.15, -0.1) is 0 Å². The predicted molar refractivity (Wildman–Crippen MR) is 148 cm³/mol. The summed E-state index contributed by atoms with van der Waals surface area (Å²) in [5, 5.41) is 9.75. The Morgan fingerprint density at radius 3 is 2.00 bits per heavy atom. The molecule has 0 bridgehead atoms. The van der Waals surface area contributed by atoms with Crippen molar-refractivity contribution in [2.45, 2.75) is 33.4 Å². The molecule has 0 saturated heterocycles. The Morgan fingerprint density at radius 2 is 1.37 bits per heavy atom. The van der Waals surface area contributed by atoms with Gasteiger partial charge in [0.25, 0.3) is 0 Å². The maximum absolute atomic E-state index is 14.1. The number of imidazole rings is 2. The van der Waals surface area contributed by atoms with E-state index in [1.165, 1.54) is 12.1 Å². The lowest BCUT2D eigenvalue weighted by Gasteiger charge is -2.11. The molecule has 0 aliphatic carbocycles. The molecule has 2 heterocycles. The molecule has 0 aliphatic rings. The molecule has 0 radical (unpaired) electrons. The fourth-order valence-corrected chi connectivity index (χ4v) is 4.54. The average Bonchev–Trinajstić information content (AvgIpc) is 3.49. The van der Waals surface area contributed by atoms with Crippen molar-refractivity contribution in [2.75, 3.05) is 0 Å². The minimum Gasteiger partial charge on any atom is -0.392 e. The number of benzene rings is 4. The van der Waals surface area contributed by atoms with E-state index in [1.807, 2.05) is 54.8 Å². The van der Waals surface area contributed by atoms with Gasteiger partial charge < -0.3 is 14.7 Å². The maximum atomic E-state index is 14.1. The lowest BCUT2D eigenvalue weighted by Crippen LogP contribution is -2.13. The van der Waals surface area contributed by atoms with E-state index in [0.29, 0.717) is 29.3 Å². The van der Waals surface area contributed by atoms with Crippen LogP contribution in [0.1, 0.15) is 18.1 Å². The third-order valence-corrected chi connectivity index (χ3v) is 6.39. The van der Waals surface area contributed by atoms with Crippen molar-refractivity contribution in [2.24, 2.45) is 0 Å². The number of rotatable bonds is 4. The molecular weight excluding hydrogens is 482 g/mol. The zero-order chi connectivity index (χ0) is 26.8. The van der Waals surface area contributed by atoms with Crippen LogP contribution < -0.4 is 0 Å². The van der Waals surface area contributed by atoms with Gasteiger partial charge in [-0.3, -0.25) is 0 Å². The van der Waals surface area contributed by atoms with Crippen LogP contribution in [0.3, 0.4) is 0 Å². The van der Waals surface area contributed by atoms with Gasteiger partial charge in [0.05, 0.1) is 45.8 Å². The number of aromatic nitrogens is 4. The molecule has 192 valence electrons. The van der Waals surface area contributed by atoms with Gasteiger partial charge in [0.2, 0.25) is 0 Å². The zero-order valence-electron chi connectivity index (χ0n) is 21.4. The molecule has 1 atom stereocenters. The summed E-state index contributed by atoms with van der Waals surface area (Å²) in [7, 11) is 0. The van der Waals surface area contributed by atoms with Gasteiger partial charge in [0.15, 0.2) is 0 Å². The van der Waals surface area contributed by atoms with E-state index in [4.69, 9.17) is 0 Å². The molecule has 5 nitrogen and oxygen atoms in total. The smallest absolute Gasteiger partial charge is 0.144 e. The summed E-state index contributed by atoms with van der Waals surface area (Å²) in [6, 6.07) is 25.0. The predicted octanol–water partition coefficient (Wildman–Crippen LogP) is 7.21. The quantitative estimate of drug-likeness (QED) is 0.263. The molecule has 2 aromatic heterocycles. The van der Waals surface area contributed by atoms with Gasteiger partial charge in [-0.1, -0.05) is 48.5 Å². The molecule has 4 aromatic carbocycles. The fourth-order valence-electron chi connectivity index (χ4n) is 4.54. The molecular formula is C31H28F2N4O. The zero-order valence-corrected chi connectivity index (χ0v) is 21.4. The maximum Gasteiger partial charge on any atom is 0.144 e. The Kier molecular flexibility index (Phi) is 7.03. The monoisotopic (exact) mass is 510 g/mol. The molecule has 0 saturated carbocycles. The number of nitrogens with one attached hydrogen (secondary N) is 1. The highest BCUT2D eigenvalue weighted by Gasteiger charge is 2.17. The molecule has 0 aliphatic heterocycles. The highest BCUT2D eigenvalue weighted by Crippen LogP contribution is 2.29. The van der Waals surface area contributed by atoms with Crippen molar-refractivity contribution >= 4 is 22.1 Å². The molecule has 2 N–H and O–H groups in total. The number of aliphatic hydroxyl groups is 1. The summed E-state index contributed by atoms with van der Waals surface area (Å²) in [4.78, 5) is 12.2. The Morgan fingerprint density at radius 1 is 0.763 bits per heavy atom. The van der Waals surface area contributed by atoms with Gasteiger partial charge in [-0.25, -0.2) is 18.7 Å². The van der Waals surface area contributed by atoms with Crippen molar-refractivity contribution in [3.8, 4) is 22.8 Å². The minimum absolute atomic E-state index is 0.260. The second-order valence-electron chi connectivity index (χ2n) is 9.35. The van der Waals surface area contributed by atoms with Crippen molar-refractivity contribution in [1.82, 2.24) is 19.5 Å². The number of aryl methyl sites for hydroxylation is 2. The summed E-state index contributed by atoms with van der Waals surface area (Å²) < 4.78 is 29.6. The topological polar surface area (TPSA) is 66.7 Å². The third kappa shape index (κ3) is 4.93.